The van der Waals surface area contributed by atoms with Gasteiger partial charge in [0.05, 0.1) is 0 Å². The minimum Gasteiger partial charge on any atom is -0.312 e. The summed E-state index contributed by atoms with van der Waals surface area (Å²) in [7, 11) is 0. The monoisotopic (exact) mass is 213 g/mol. The van der Waals surface area contributed by atoms with E-state index in [0.717, 1.165) is 12.5 Å². The number of hydrogen-bond acceptors (Lipinski definition) is 1. The molecule has 0 bridgehead atoms. The van der Waals surface area contributed by atoms with Crippen molar-refractivity contribution in [1.29, 1.82) is 0 Å². The number of hydrogen-bond donors (Lipinski definition) is 1. The van der Waals surface area contributed by atoms with Crippen LogP contribution in [0.3, 0.4) is 0 Å². The van der Waals surface area contributed by atoms with Crippen LogP contribution in [0, 0.1) is 11.3 Å². The maximum atomic E-state index is 3.67. The molecule has 0 aromatic heterocycles. The summed E-state index contributed by atoms with van der Waals surface area (Å²) in [6.07, 6.45) is 3.90. The second-order valence-corrected chi connectivity index (χ2v) is 6.41. The SMILES string of the molecule is CCC(CC)(CNC(C)(C)C)CC(C)C. The predicted molar refractivity (Wildman–Crippen MR) is 70.2 cm³/mol. The third kappa shape index (κ3) is 6.19. The summed E-state index contributed by atoms with van der Waals surface area (Å²) >= 11 is 0. The van der Waals surface area contributed by atoms with E-state index >= 15 is 0 Å². The van der Waals surface area contributed by atoms with Gasteiger partial charge in [0.15, 0.2) is 0 Å². The summed E-state index contributed by atoms with van der Waals surface area (Å²) in [5, 5.41) is 3.67. The van der Waals surface area contributed by atoms with Gasteiger partial charge in [-0.15, -0.1) is 0 Å². The lowest BCUT2D eigenvalue weighted by Crippen LogP contribution is -2.44. The zero-order valence-electron chi connectivity index (χ0n) is 11.9. The molecule has 92 valence electrons. The van der Waals surface area contributed by atoms with Crippen molar-refractivity contribution in [2.45, 2.75) is 73.3 Å². The van der Waals surface area contributed by atoms with Crippen molar-refractivity contribution in [3.8, 4) is 0 Å². The van der Waals surface area contributed by atoms with Crippen LogP contribution in [0.5, 0.6) is 0 Å². The second kappa shape index (κ2) is 5.89. The van der Waals surface area contributed by atoms with Gasteiger partial charge in [0.25, 0.3) is 0 Å². The Morgan fingerprint density at radius 2 is 1.47 bits per heavy atom. The molecule has 0 aromatic carbocycles. The van der Waals surface area contributed by atoms with Crippen LogP contribution in [0.15, 0.2) is 0 Å². The molecule has 0 radical (unpaired) electrons. The normalized spacial score (nSPS) is 13.6. The highest BCUT2D eigenvalue weighted by atomic mass is 15.0. The van der Waals surface area contributed by atoms with Crippen molar-refractivity contribution in [1.82, 2.24) is 5.32 Å². The molecular weight excluding hydrogens is 182 g/mol. The maximum absolute atomic E-state index is 3.67. The Bertz CT molecular complexity index is 161. The van der Waals surface area contributed by atoms with Crippen molar-refractivity contribution in [3.05, 3.63) is 0 Å². The van der Waals surface area contributed by atoms with Gasteiger partial charge in [-0.05, 0) is 51.4 Å². The first-order chi connectivity index (χ1) is 6.74. The molecule has 0 atom stereocenters. The first-order valence-electron chi connectivity index (χ1n) is 6.49. The maximum Gasteiger partial charge on any atom is 0.00967 e. The van der Waals surface area contributed by atoms with Gasteiger partial charge in [-0.25, -0.2) is 0 Å². The Morgan fingerprint density at radius 3 is 1.73 bits per heavy atom. The molecule has 0 saturated carbocycles. The van der Waals surface area contributed by atoms with Gasteiger partial charge in [-0.3, -0.25) is 0 Å². The minimum absolute atomic E-state index is 0.243. The highest BCUT2D eigenvalue weighted by Crippen LogP contribution is 2.33. The Kier molecular flexibility index (Phi) is 5.87. The minimum atomic E-state index is 0.243. The fourth-order valence-electron chi connectivity index (χ4n) is 2.18. The molecule has 0 saturated heterocycles. The van der Waals surface area contributed by atoms with E-state index in [0.29, 0.717) is 5.41 Å². The summed E-state index contributed by atoms with van der Waals surface area (Å²) in [6, 6.07) is 0. The smallest absolute Gasteiger partial charge is 0.00967 e. The lowest BCUT2D eigenvalue weighted by atomic mass is 9.75. The average molecular weight is 213 g/mol. The van der Waals surface area contributed by atoms with Gasteiger partial charge in [0.1, 0.15) is 0 Å². The molecule has 1 nitrogen and oxygen atoms in total. The topological polar surface area (TPSA) is 12.0 Å². The molecule has 1 heteroatoms. The standard InChI is InChI=1S/C14H31N/c1-8-14(9-2,10-12(3)4)11-15-13(5,6)7/h12,15H,8-11H2,1-7H3. The molecule has 0 heterocycles. The average Bonchev–Trinajstić information content (AvgIpc) is 2.10. The fraction of sp³-hybridized carbons (Fsp3) is 1.00. The molecule has 0 aliphatic rings. The van der Waals surface area contributed by atoms with E-state index in [2.05, 4.69) is 53.8 Å². The van der Waals surface area contributed by atoms with Crippen LogP contribution in [-0.4, -0.2) is 12.1 Å². The number of nitrogens with one attached hydrogen (secondary N) is 1. The van der Waals surface area contributed by atoms with E-state index in [1.807, 2.05) is 0 Å². The summed E-state index contributed by atoms with van der Waals surface area (Å²) in [4.78, 5) is 0. The van der Waals surface area contributed by atoms with Crippen LogP contribution in [0.1, 0.15) is 67.7 Å². The first-order valence-corrected chi connectivity index (χ1v) is 6.49. The van der Waals surface area contributed by atoms with E-state index in [-0.39, 0.29) is 5.54 Å². The van der Waals surface area contributed by atoms with Crippen LogP contribution in [0.4, 0.5) is 0 Å². The third-order valence-corrected chi connectivity index (χ3v) is 3.33. The number of rotatable bonds is 6. The summed E-state index contributed by atoms with van der Waals surface area (Å²) in [6.45, 7) is 17.2. The molecule has 0 amide bonds. The van der Waals surface area contributed by atoms with Crippen molar-refractivity contribution >= 4 is 0 Å². The van der Waals surface area contributed by atoms with Gasteiger partial charge in [-0.2, -0.15) is 0 Å². The van der Waals surface area contributed by atoms with Gasteiger partial charge < -0.3 is 5.32 Å². The highest BCUT2D eigenvalue weighted by Gasteiger charge is 2.28. The second-order valence-electron chi connectivity index (χ2n) is 6.41. The lowest BCUT2D eigenvalue weighted by molar-refractivity contribution is 0.181. The molecular formula is C14H31N. The Hall–Kier alpha value is -0.0400. The quantitative estimate of drug-likeness (QED) is 0.696. The van der Waals surface area contributed by atoms with E-state index in [1.54, 1.807) is 0 Å². The van der Waals surface area contributed by atoms with Gasteiger partial charge in [0, 0.05) is 12.1 Å². The zero-order valence-corrected chi connectivity index (χ0v) is 11.9. The molecule has 0 fully saturated rings. The van der Waals surface area contributed by atoms with Crippen LogP contribution in [-0.2, 0) is 0 Å². The van der Waals surface area contributed by atoms with E-state index in [9.17, 15) is 0 Å². The first kappa shape index (κ1) is 15.0. The molecule has 0 rings (SSSR count). The lowest BCUT2D eigenvalue weighted by Gasteiger charge is -2.37. The Balaban J connectivity index is 4.37. The molecule has 1 N–H and O–H groups in total. The largest absolute Gasteiger partial charge is 0.312 e. The van der Waals surface area contributed by atoms with Crippen molar-refractivity contribution in [2.75, 3.05) is 6.54 Å². The van der Waals surface area contributed by atoms with Crippen LogP contribution >= 0.6 is 0 Å². The summed E-state index contributed by atoms with van der Waals surface area (Å²) in [5.74, 6) is 0.798. The molecule has 0 spiro atoms. The van der Waals surface area contributed by atoms with E-state index < -0.39 is 0 Å². The molecule has 0 aliphatic carbocycles. The Morgan fingerprint density at radius 1 is 1.00 bits per heavy atom. The zero-order chi connectivity index (χ0) is 12.1. The molecule has 0 unspecified atom stereocenters. The van der Waals surface area contributed by atoms with E-state index in [4.69, 9.17) is 0 Å². The van der Waals surface area contributed by atoms with Gasteiger partial charge >= 0.3 is 0 Å². The van der Waals surface area contributed by atoms with Crippen molar-refractivity contribution in [2.24, 2.45) is 11.3 Å². The van der Waals surface area contributed by atoms with Gasteiger partial charge in [0.2, 0.25) is 0 Å². The fourth-order valence-corrected chi connectivity index (χ4v) is 2.18. The van der Waals surface area contributed by atoms with Crippen LogP contribution in [0.2, 0.25) is 0 Å². The summed E-state index contributed by atoms with van der Waals surface area (Å²) < 4.78 is 0. The molecule has 0 aromatic rings. The molecule has 15 heavy (non-hydrogen) atoms. The highest BCUT2D eigenvalue weighted by molar-refractivity contribution is 4.83. The van der Waals surface area contributed by atoms with Crippen molar-refractivity contribution < 1.29 is 0 Å². The van der Waals surface area contributed by atoms with Crippen molar-refractivity contribution in [3.63, 3.8) is 0 Å². The Labute approximate surface area is 97.0 Å². The van der Waals surface area contributed by atoms with Gasteiger partial charge in [-0.1, -0.05) is 27.7 Å². The van der Waals surface area contributed by atoms with Crippen LogP contribution in [0.25, 0.3) is 0 Å². The van der Waals surface area contributed by atoms with E-state index in [1.165, 1.54) is 19.3 Å². The summed E-state index contributed by atoms with van der Waals surface area (Å²) in [5.41, 5.74) is 0.744. The molecule has 0 aliphatic heterocycles. The predicted octanol–water partition coefficient (Wildman–Crippen LogP) is 4.23. The van der Waals surface area contributed by atoms with Crippen LogP contribution < -0.4 is 5.32 Å². The third-order valence-electron chi connectivity index (χ3n) is 3.33.